The number of nitrogens with one attached hydrogen (secondary N) is 1. The van der Waals surface area contributed by atoms with Gasteiger partial charge in [0.05, 0.1) is 18.5 Å². The summed E-state index contributed by atoms with van der Waals surface area (Å²) in [7, 11) is 1.45. The van der Waals surface area contributed by atoms with E-state index < -0.39 is 11.9 Å². The molecule has 0 bridgehead atoms. The summed E-state index contributed by atoms with van der Waals surface area (Å²) in [4.78, 5) is 24.2. The van der Waals surface area contributed by atoms with Crippen molar-refractivity contribution in [2.45, 2.75) is 12.3 Å². The van der Waals surface area contributed by atoms with Crippen LogP contribution < -0.4 is 10.1 Å². The van der Waals surface area contributed by atoms with Crippen LogP contribution in [-0.2, 0) is 4.79 Å². The number of anilines is 1. The molecule has 0 saturated carbocycles. The number of methoxy groups -OCH3 is 1. The minimum absolute atomic E-state index is 0.00858. The van der Waals surface area contributed by atoms with Gasteiger partial charge in [0.15, 0.2) is 11.5 Å². The molecule has 8 heteroatoms. The fourth-order valence-electron chi connectivity index (χ4n) is 3.64. The monoisotopic (exact) mass is 412 g/mol. The van der Waals surface area contributed by atoms with E-state index in [1.807, 2.05) is 0 Å². The Kier molecular flexibility index (Phi) is 4.68. The van der Waals surface area contributed by atoms with Crippen LogP contribution in [0.4, 0.5) is 5.69 Å². The Morgan fingerprint density at radius 2 is 1.97 bits per heavy atom. The van der Waals surface area contributed by atoms with Gasteiger partial charge in [-0.25, -0.2) is 4.79 Å². The second-order valence-electron chi connectivity index (χ2n) is 6.69. The third-order valence-electron chi connectivity index (χ3n) is 4.97. The van der Waals surface area contributed by atoms with E-state index >= 15 is 0 Å². The van der Waals surface area contributed by atoms with Crippen molar-refractivity contribution < 1.29 is 24.5 Å². The lowest BCUT2D eigenvalue weighted by molar-refractivity contribution is -0.116. The van der Waals surface area contributed by atoms with Crippen LogP contribution in [0.5, 0.6) is 11.5 Å². The van der Waals surface area contributed by atoms with Crippen molar-refractivity contribution in [1.82, 2.24) is 4.57 Å². The van der Waals surface area contributed by atoms with Crippen molar-refractivity contribution in [1.29, 1.82) is 0 Å². The van der Waals surface area contributed by atoms with E-state index in [4.69, 9.17) is 16.3 Å². The molecule has 3 N–H and O–H groups in total. The number of aromatic hydroxyl groups is 1. The zero-order valence-electron chi connectivity index (χ0n) is 15.3. The first kappa shape index (κ1) is 18.9. The molecule has 0 fully saturated rings. The molecule has 1 atom stereocenters. The molecule has 7 nitrogen and oxygen atoms in total. The number of rotatable bonds is 4. The molecule has 1 aliphatic rings. The van der Waals surface area contributed by atoms with E-state index in [0.29, 0.717) is 27.7 Å². The Hall–Kier alpha value is -3.45. The van der Waals surface area contributed by atoms with Crippen molar-refractivity contribution >= 4 is 29.2 Å². The number of carbonyl (C=O) groups excluding carboxylic acids is 1. The third-order valence-corrected chi connectivity index (χ3v) is 5.22. The van der Waals surface area contributed by atoms with Gasteiger partial charge in [-0.2, -0.15) is 0 Å². The van der Waals surface area contributed by atoms with Gasteiger partial charge in [0.1, 0.15) is 5.56 Å². The maximum atomic E-state index is 12.4. The van der Waals surface area contributed by atoms with Crippen LogP contribution in [0.25, 0.3) is 5.69 Å². The van der Waals surface area contributed by atoms with E-state index in [2.05, 4.69) is 5.32 Å². The molecule has 0 aliphatic carbocycles. The molecule has 29 heavy (non-hydrogen) atoms. The fourth-order valence-corrected chi connectivity index (χ4v) is 3.77. The predicted octanol–water partition coefficient (Wildman–Crippen LogP) is 4.02. The Bertz CT molecular complexity index is 1120. The highest BCUT2D eigenvalue weighted by Crippen LogP contribution is 2.43. The van der Waals surface area contributed by atoms with Crippen LogP contribution in [-0.4, -0.2) is 33.8 Å². The number of carbonyl (C=O) groups is 2. The minimum atomic E-state index is -1.15. The number of amides is 1. The van der Waals surface area contributed by atoms with Crippen molar-refractivity contribution in [3.05, 3.63) is 70.5 Å². The maximum absolute atomic E-state index is 12.4. The molecule has 0 radical (unpaired) electrons. The lowest BCUT2D eigenvalue weighted by Gasteiger charge is -2.26. The second-order valence-corrected chi connectivity index (χ2v) is 7.13. The van der Waals surface area contributed by atoms with Gasteiger partial charge in [-0.15, -0.1) is 0 Å². The molecule has 0 spiro atoms. The third kappa shape index (κ3) is 3.30. The molecule has 2 aromatic carbocycles. The number of aromatic nitrogens is 1. The molecule has 2 heterocycles. The zero-order chi connectivity index (χ0) is 20.7. The molecule has 1 amide bonds. The molecule has 1 aromatic heterocycles. The Morgan fingerprint density at radius 1 is 1.24 bits per heavy atom. The highest BCUT2D eigenvalue weighted by molar-refractivity contribution is 6.30. The van der Waals surface area contributed by atoms with Gasteiger partial charge in [0.2, 0.25) is 5.91 Å². The van der Waals surface area contributed by atoms with Gasteiger partial charge >= 0.3 is 5.97 Å². The first-order valence-electron chi connectivity index (χ1n) is 8.80. The predicted molar refractivity (Wildman–Crippen MR) is 107 cm³/mol. The van der Waals surface area contributed by atoms with Crippen LogP contribution in [0.2, 0.25) is 5.02 Å². The molecule has 148 valence electrons. The number of carboxylic acids is 1. The van der Waals surface area contributed by atoms with Crippen LogP contribution in [0, 0.1) is 0 Å². The number of aromatic carboxylic acids is 1. The van der Waals surface area contributed by atoms with Gasteiger partial charge in [0.25, 0.3) is 0 Å². The normalized spacial score (nSPS) is 15.5. The average molecular weight is 413 g/mol. The van der Waals surface area contributed by atoms with Crippen LogP contribution in [0.3, 0.4) is 0 Å². The van der Waals surface area contributed by atoms with Crippen molar-refractivity contribution in [2.75, 3.05) is 12.4 Å². The number of carboxylic acid groups (broad SMARTS) is 1. The fraction of sp³-hybridized carbons (Fsp3) is 0.143. The number of benzene rings is 2. The quantitative estimate of drug-likeness (QED) is 0.601. The van der Waals surface area contributed by atoms with Crippen LogP contribution >= 0.6 is 11.6 Å². The van der Waals surface area contributed by atoms with Gasteiger partial charge in [0, 0.05) is 29.2 Å². The number of hydrogen-bond acceptors (Lipinski definition) is 4. The maximum Gasteiger partial charge on any atom is 0.339 e. The molecule has 4 rings (SSSR count). The summed E-state index contributed by atoms with van der Waals surface area (Å²) in [6, 6.07) is 11.9. The zero-order valence-corrected chi connectivity index (χ0v) is 16.1. The van der Waals surface area contributed by atoms with E-state index in [1.54, 1.807) is 41.0 Å². The summed E-state index contributed by atoms with van der Waals surface area (Å²) < 4.78 is 6.83. The van der Waals surface area contributed by atoms with Crippen molar-refractivity contribution in [3.8, 4) is 17.2 Å². The number of ether oxygens (including phenoxy) is 1. The highest BCUT2D eigenvalue weighted by Gasteiger charge is 2.34. The van der Waals surface area contributed by atoms with Crippen LogP contribution in [0.1, 0.15) is 34.0 Å². The summed E-state index contributed by atoms with van der Waals surface area (Å²) in [6.07, 6.45) is 1.59. The summed E-state index contributed by atoms with van der Waals surface area (Å²) in [6.45, 7) is 0. The molecule has 1 aliphatic heterocycles. The lowest BCUT2D eigenvalue weighted by atomic mass is 9.88. The smallest absolute Gasteiger partial charge is 0.339 e. The Labute approximate surface area is 171 Å². The van der Waals surface area contributed by atoms with Crippen molar-refractivity contribution in [3.63, 3.8) is 0 Å². The SMILES string of the molecule is COc1ccc([C@H]2CC(=O)Nc3c(C(=O)O)cn(-c4ccc(Cl)cc4)c32)cc1O. The number of phenolic OH excluding ortho intramolecular Hbond substituents is 1. The summed E-state index contributed by atoms with van der Waals surface area (Å²) >= 11 is 5.99. The van der Waals surface area contributed by atoms with E-state index in [-0.39, 0.29) is 29.3 Å². The van der Waals surface area contributed by atoms with E-state index in [0.717, 1.165) is 0 Å². The molecular weight excluding hydrogens is 396 g/mol. The number of phenols is 1. The van der Waals surface area contributed by atoms with Gasteiger partial charge in [-0.1, -0.05) is 17.7 Å². The van der Waals surface area contributed by atoms with Crippen molar-refractivity contribution in [2.24, 2.45) is 0 Å². The average Bonchev–Trinajstić information content (AvgIpc) is 3.07. The van der Waals surface area contributed by atoms with Gasteiger partial charge in [-0.05, 0) is 42.0 Å². The van der Waals surface area contributed by atoms with Gasteiger partial charge < -0.3 is 24.8 Å². The first-order valence-corrected chi connectivity index (χ1v) is 9.18. The number of hydrogen-bond donors (Lipinski definition) is 3. The van der Waals surface area contributed by atoms with Gasteiger partial charge in [-0.3, -0.25) is 4.79 Å². The number of fused-ring (bicyclic) bond motifs is 1. The number of nitrogens with zero attached hydrogens (tertiary/aromatic N) is 1. The minimum Gasteiger partial charge on any atom is -0.504 e. The largest absolute Gasteiger partial charge is 0.504 e. The Balaban J connectivity index is 1.94. The first-order chi connectivity index (χ1) is 13.9. The standard InChI is InChI=1S/C21H17ClN2O5/c1-29-17-7-2-11(8-16(17)25)14-9-18(26)23-19-15(21(27)28)10-24(20(14)19)13-5-3-12(22)4-6-13/h2-8,10,14,25H,9H2,1H3,(H,23,26)(H,27,28)/t14-/m1/s1. The molecule has 0 saturated heterocycles. The summed E-state index contributed by atoms with van der Waals surface area (Å²) in [5.74, 6) is -1.64. The summed E-state index contributed by atoms with van der Waals surface area (Å²) in [5.41, 5.74) is 2.24. The molecule has 0 unspecified atom stereocenters. The van der Waals surface area contributed by atoms with E-state index in [9.17, 15) is 19.8 Å². The second kappa shape index (κ2) is 7.18. The summed E-state index contributed by atoms with van der Waals surface area (Å²) in [5, 5.41) is 23.1. The topological polar surface area (TPSA) is 101 Å². The highest BCUT2D eigenvalue weighted by atomic mass is 35.5. The lowest BCUT2D eigenvalue weighted by Crippen LogP contribution is -2.25. The van der Waals surface area contributed by atoms with E-state index in [1.165, 1.54) is 19.4 Å². The van der Waals surface area contributed by atoms with Crippen LogP contribution in [0.15, 0.2) is 48.7 Å². The molecule has 3 aromatic rings. The number of halogens is 1. The Morgan fingerprint density at radius 3 is 2.59 bits per heavy atom. The molecular formula is C21H17ClN2O5.